The van der Waals surface area contributed by atoms with Gasteiger partial charge in [-0.15, -0.1) is 24.8 Å². The van der Waals surface area contributed by atoms with E-state index in [9.17, 15) is 13.2 Å². The van der Waals surface area contributed by atoms with Crippen LogP contribution in [-0.2, 0) is 0 Å². The van der Waals surface area contributed by atoms with E-state index in [0.29, 0.717) is 43.2 Å². The first-order valence-electron chi connectivity index (χ1n) is 7.04. The van der Waals surface area contributed by atoms with Crippen molar-refractivity contribution in [1.29, 1.82) is 0 Å². The third-order valence-electron chi connectivity index (χ3n) is 3.87. The van der Waals surface area contributed by atoms with Crippen molar-refractivity contribution in [2.24, 2.45) is 0 Å². The number of nitrogens with one attached hydrogen (secondary N) is 1. The fraction of sp³-hybridized carbons (Fsp3) is 0.571. The average Bonchev–Trinajstić information content (AvgIpc) is 2.91. The van der Waals surface area contributed by atoms with E-state index in [2.05, 4.69) is 5.32 Å². The summed E-state index contributed by atoms with van der Waals surface area (Å²) in [7, 11) is 0. The maximum absolute atomic E-state index is 13.0. The second-order valence-electron chi connectivity index (χ2n) is 5.35. The number of hydrogen-bond acceptors (Lipinski definition) is 4. The van der Waals surface area contributed by atoms with Crippen molar-refractivity contribution in [2.45, 2.75) is 18.6 Å². The van der Waals surface area contributed by atoms with Crippen LogP contribution < -0.4 is 14.8 Å². The number of rotatable bonds is 3. The summed E-state index contributed by atoms with van der Waals surface area (Å²) in [5, 5.41) is 3.41. The number of halogens is 6. The molecule has 0 saturated carbocycles. The largest absolute Gasteiger partial charge is 0.454 e. The molecule has 2 aliphatic rings. The molecule has 0 amide bonds. The van der Waals surface area contributed by atoms with Gasteiger partial charge < -0.3 is 14.8 Å². The van der Waals surface area contributed by atoms with Crippen LogP contribution in [0.3, 0.4) is 0 Å². The van der Waals surface area contributed by atoms with E-state index < -0.39 is 18.6 Å². The molecule has 1 N–H and O–H groups in total. The van der Waals surface area contributed by atoms with E-state index in [1.54, 1.807) is 6.07 Å². The van der Waals surface area contributed by atoms with Crippen molar-refractivity contribution in [2.75, 3.05) is 33.0 Å². The molecule has 1 aromatic rings. The minimum Gasteiger partial charge on any atom is -0.454 e. The highest BCUT2D eigenvalue weighted by Gasteiger charge is 2.37. The van der Waals surface area contributed by atoms with Gasteiger partial charge in [-0.1, -0.05) is 11.6 Å². The van der Waals surface area contributed by atoms with Crippen molar-refractivity contribution in [3.63, 3.8) is 0 Å². The molecule has 0 bridgehead atoms. The van der Waals surface area contributed by atoms with Crippen molar-refractivity contribution < 1.29 is 22.6 Å². The highest BCUT2D eigenvalue weighted by molar-refractivity contribution is 6.31. The summed E-state index contributed by atoms with van der Waals surface area (Å²) in [5.41, 5.74) is 0.435. The molecule has 2 heterocycles. The Labute approximate surface area is 155 Å². The van der Waals surface area contributed by atoms with E-state index in [-0.39, 0.29) is 36.6 Å². The van der Waals surface area contributed by atoms with Crippen molar-refractivity contribution in [1.82, 2.24) is 10.2 Å². The number of hydrogen-bond donors (Lipinski definition) is 1. The Bertz CT molecular complexity index is 555. The monoisotopic (exact) mass is 408 g/mol. The van der Waals surface area contributed by atoms with Crippen LogP contribution >= 0.6 is 36.4 Å². The minimum atomic E-state index is -4.27. The van der Waals surface area contributed by atoms with Crippen LogP contribution in [0.5, 0.6) is 11.5 Å². The second kappa shape index (κ2) is 8.67. The summed E-state index contributed by atoms with van der Waals surface area (Å²) in [5.74, 6) is 0.918. The molecule has 3 rings (SSSR count). The predicted octanol–water partition coefficient (Wildman–Crippen LogP) is 3.81. The third kappa shape index (κ3) is 4.95. The van der Waals surface area contributed by atoms with E-state index in [0.717, 1.165) is 0 Å². The van der Waals surface area contributed by atoms with Gasteiger partial charge in [-0.05, 0) is 11.6 Å². The maximum atomic E-state index is 13.0. The highest BCUT2D eigenvalue weighted by atomic mass is 35.5. The molecule has 4 nitrogen and oxygen atoms in total. The van der Waals surface area contributed by atoms with Crippen molar-refractivity contribution in [3.8, 4) is 11.5 Å². The van der Waals surface area contributed by atoms with Gasteiger partial charge in [0, 0.05) is 43.3 Å². The Morgan fingerprint density at radius 2 is 1.71 bits per heavy atom. The van der Waals surface area contributed by atoms with Crippen LogP contribution in [0.2, 0.25) is 5.02 Å². The molecular weight excluding hydrogens is 392 g/mol. The SMILES string of the molecule is Cl.Cl.FC(F)(F)C[C@H](c1cc2c(cc1Cl)OCO2)N1CCNCC1. The van der Waals surface area contributed by atoms with E-state index >= 15 is 0 Å². The van der Waals surface area contributed by atoms with E-state index in [1.807, 2.05) is 4.90 Å². The number of alkyl halides is 3. The lowest BCUT2D eigenvalue weighted by molar-refractivity contribution is -0.148. The number of piperazine rings is 1. The summed E-state index contributed by atoms with van der Waals surface area (Å²) in [6, 6.07) is 2.29. The lowest BCUT2D eigenvalue weighted by Crippen LogP contribution is -2.46. The summed E-state index contributed by atoms with van der Waals surface area (Å²) in [4.78, 5) is 1.81. The summed E-state index contributed by atoms with van der Waals surface area (Å²) in [6.45, 7) is 2.48. The smallest absolute Gasteiger partial charge is 0.390 e. The van der Waals surface area contributed by atoms with E-state index in [4.69, 9.17) is 21.1 Å². The van der Waals surface area contributed by atoms with E-state index in [1.165, 1.54) is 6.07 Å². The Hall–Kier alpha value is -0.600. The zero-order chi connectivity index (χ0) is 15.7. The molecule has 24 heavy (non-hydrogen) atoms. The first-order valence-corrected chi connectivity index (χ1v) is 7.42. The Kier molecular flexibility index (Phi) is 7.75. The lowest BCUT2D eigenvalue weighted by Gasteiger charge is -2.36. The molecule has 1 fully saturated rings. The predicted molar refractivity (Wildman–Crippen MR) is 89.9 cm³/mol. The van der Waals surface area contributed by atoms with Gasteiger partial charge in [0.1, 0.15) is 0 Å². The first kappa shape index (κ1) is 21.4. The van der Waals surface area contributed by atoms with Crippen LogP contribution in [0.25, 0.3) is 0 Å². The minimum absolute atomic E-state index is 0. The number of benzene rings is 1. The van der Waals surface area contributed by atoms with Crippen LogP contribution in [-0.4, -0.2) is 44.0 Å². The summed E-state index contributed by atoms with van der Waals surface area (Å²) < 4.78 is 49.5. The molecule has 1 saturated heterocycles. The molecule has 10 heteroatoms. The first-order chi connectivity index (χ1) is 10.4. The summed E-state index contributed by atoms with van der Waals surface area (Å²) in [6.07, 6.45) is -5.21. The summed E-state index contributed by atoms with van der Waals surface area (Å²) >= 11 is 6.21. The van der Waals surface area contributed by atoms with Crippen LogP contribution in [0.1, 0.15) is 18.0 Å². The lowest BCUT2D eigenvalue weighted by atomic mass is 10.00. The highest BCUT2D eigenvalue weighted by Crippen LogP contribution is 2.43. The van der Waals surface area contributed by atoms with Gasteiger partial charge in [-0.2, -0.15) is 13.2 Å². The topological polar surface area (TPSA) is 33.7 Å². The molecule has 0 spiro atoms. The van der Waals surface area contributed by atoms with Gasteiger partial charge in [0.05, 0.1) is 6.42 Å². The molecule has 138 valence electrons. The molecule has 0 radical (unpaired) electrons. The van der Waals surface area contributed by atoms with Gasteiger partial charge in [-0.25, -0.2) is 0 Å². The molecule has 0 unspecified atom stereocenters. The fourth-order valence-corrected chi connectivity index (χ4v) is 3.12. The van der Waals surface area contributed by atoms with Gasteiger partial charge in [0.2, 0.25) is 6.79 Å². The zero-order valence-electron chi connectivity index (χ0n) is 12.6. The number of fused-ring (bicyclic) bond motifs is 1. The third-order valence-corrected chi connectivity index (χ3v) is 4.20. The quantitative estimate of drug-likeness (QED) is 0.823. The molecule has 1 atom stereocenters. The maximum Gasteiger partial charge on any atom is 0.390 e. The average molecular weight is 410 g/mol. The molecule has 0 aromatic heterocycles. The van der Waals surface area contributed by atoms with Gasteiger partial charge in [-0.3, -0.25) is 4.90 Å². The number of ether oxygens (including phenoxy) is 2. The van der Waals surface area contributed by atoms with Gasteiger partial charge in [0.15, 0.2) is 11.5 Å². The Balaban J connectivity index is 0.00000144. The van der Waals surface area contributed by atoms with Gasteiger partial charge in [0.25, 0.3) is 0 Å². The van der Waals surface area contributed by atoms with Crippen LogP contribution in [0, 0.1) is 0 Å². The molecule has 1 aromatic carbocycles. The van der Waals surface area contributed by atoms with Crippen molar-refractivity contribution in [3.05, 3.63) is 22.7 Å². The normalized spacial score (nSPS) is 18.5. The number of nitrogens with zero attached hydrogens (tertiary/aromatic N) is 1. The standard InChI is InChI=1S/C14H16ClF3N2O2.2ClH/c15-10-6-13-12(21-8-22-13)5-9(10)11(7-14(16,17)18)20-3-1-19-2-4-20;;/h5-6,11,19H,1-4,7-8H2;2*1H/t11-;;/m1../s1. The molecule has 0 aliphatic carbocycles. The van der Waals surface area contributed by atoms with Crippen LogP contribution in [0.15, 0.2) is 12.1 Å². The second-order valence-corrected chi connectivity index (χ2v) is 5.76. The zero-order valence-corrected chi connectivity index (χ0v) is 15.0. The van der Waals surface area contributed by atoms with Crippen LogP contribution in [0.4, 0.5) is 13.2 Å². The molecular formula is C14H18Cl3F3N2O2. The Morgan fingerprint density at radius 1 is 1.12 bits per heavy atom. The fourth-order valence-electron chi connectivity index (χ4n) is 2.84. The van der Waals surface area contributed by atoms with Crippen molar-refractivity contribution >= 4 is 36.4 Å². The molecule has 2 aliphatic heterocycles. The Morgan fingerprint density at radius 3 is 2.29 bits per heavy atom. The van der Waals surface area contributed by atoms with Gasteiger partial charge >= 0.3 is 6.18 Å².